The van der Waals surface area contributed by atoms with Gasteiger partial charge in [0.1, 0.15) is 0 Å². The maximum absolute atomic E-state index is 12.2. The summed E-state index contributed by atoms with van der Waals surface area (Å²) in [5, 5.41) is 2.91. The molecule has 1 atom stereocenters. The Labute approximate surface area is 120 Å². The first-order valence-corrected chi connectivity index (χ1v) is 6.63. The van der Waals surface area contributed by atoms with Crippen molar-refractivity contribution in [3.05, 3.63) is 58.3 Å². The Balaban J connectivity index is 2.15. The normalized spacial score (nSPS) is 11.9. The lowest BCUT2D eigenvalue weighted by atomic mass is 10.1. The molecule has 19 heavy (non-hydrogen) atoms. The summed E-state index contributed by atoms with van der Waals surface area (Å²) in [6.45, 7) is 1.92. The van der Waals surface area contributed by atoms with E-state index in [-0.39, 0.29) is 11.9 Å². The fraction of sp³-hybridized carbons (Fsp3) is 0.143. The van der Waals surface area contributed by atoms with Crippen LogP contribution in [-0.4, -0.2) is 10.9 Å². The van der Waals surface area contributed by atoms with Crippen molar-refractivity contribution >= 4 is 27.5 Å². The maximum atomic E-state index is 12.2. The zero-order chi connectivity index (χ0) is 13.8. The monoisotopic (exact) mass is 319 g/mol. The van der Waals surface area contributed by atoms with E-state index in [0.29, 0.717) is 11.3 Å². The van der Waals surface area contributed by atoms with Gasteiger partial charge in [0.25, 0.3) is 5.91 Å². The molecule has 0 saturated carbocycles. The Morgan fingerprint density at radius 2 is 2.00 bits per heavy atom. The number of halogens is 1. The van der Waals surface area contributed by atoms with Crippen molar-refractivity contribution in [3.63, 3.8) is 0 Å². The molecule has 1 aromatic carbocycles. The molecule has 3 N–H and O–H groups in total. The van der Waals surface area contributed by atoms with Crippen LogP contribution in [0.5, 0.6) is 0 Å². The highest BCUT2D eigenvalue weighted by Gasteiger charge is 2.14. The van der Waals surface area contributed by atoms with Crippen molar-refractivity contribution < 1.29 is 4.79 Å². The van der Waals surface area contributed by atoms with Crippen LogP contribution in [0.2, 0.25) is 0 Å². The zero-order valence-corrected chi connectivity index (χ0v) is 12.0. The molecule has 5 heteroatoms. The Kier molecular flexibility index (Phi) is 4.16. The lowest BCUT2D eigenvalue weighted by molar-refractivity contribution is 0.0940. The minimum Gasteiger partial charge on any atom is -0.398 e. The third-order valence-electron chi connectivity index (χ3n) is 2.81. The third kappa shape index (κ3) is 3.32. The number of rotatable bonds is 3. The number of nitrogens with two attached hydrogens (primary N) is 1. The highest BCUT2D eigenvalue weighted by atomic mass is 79.9. The first kappa shape index (κ1) is 13.5. The quantitative estimate of drug-likeness (QED) is 0.855. The first-order chi connectivity index (χ1) is 9.08. The van der Waals surface area contributed by atoms with E-state index in [0.717, 1.165) is 10.0 Å². The molecule has 0 aliphatic rings. The molecule has 2 rings (SSSR count). The van der Waals surface area contributed by atoms with E-state index in [2.05, 4.69) is 26.2 Å². The first-order valence-electron chi connectivity index (χ1n) is 5.83. The van der Waals surface area contributed by atoms with Gasteiger partial charge in [-0.05, 0) is 42.8 Å². The highest BCUT2D eigenvalue weighted by molar-refractivity contribution is 9.10. The van der Waals surface area contributed by atoms with Gasteiger partial charge in [0.15, 0.2) is 0 Å². The van der Waals surface area contributed by atoms with Gasteiger partial charge in [-0.25, -0.2) is 0 Å². The van der Waals surface area contributed by atoms with Gasteiger partial charge in [0.2, 0.25) is 0 Å². The minimum atomic E-state index is -0.192. The molecule has 0 spiro atoms. The molecular formula is C14H14BrN3O. The average molecular weight is 320 g/mol. The average Bonchev–Trinajstić information content (AvgIpc) is 2.42. The number of benzene rings is 1. The summed E-state index contributed by atoms with van der Waals surface area (Å²) >= 11 is 3.33. The molecule has 1 amide bonds. The summed E-state index contributed by atoms with van der Waals surface area (Å²) in [6.07, 6.45) is 3.40. The summed E-state index contributed by atoms with van der Waals surface area (Å²) in [5.41, 5.74) is 7.74. The van der Waals surface area contributed by atoms with Crippen molar-refractivity contribution in [2.24, 2.45) is 0 Å². The maximum Gasteiger partial charge on any atom is 0.253 e. The van der Waals surface area contributed by atoms with Crippen LogP contribution in [0.25, 0.3) is 0 Å². The Morgan fingerprint density at radius 3 is 2.68 bits per heavy atom. The third-order valence-corrected chi connectivity index (χ3v) is 3.31. The van der Waals surface area contributed by atoms with Gasteiger partial charge in [0.05, 0.1) is 11.6 Å². The van der Waals surface area contributed by atoms with Gasteiger partial charge in [-0.1, -0.05) is 15.9 Å². The summed E-state index contributed by atoms with van der Waals surface area (Å²) < 4.78 is 0.823. The lowest BCUT2D eigenvalue weighted by Gasteiger charge is -2.15. The number of amides is 1. The molecule has 4 nitrogen and oxygen atoms in total. The van der Waals surface area contributed by atoms with Crippen molar-refractivity contribution in [1.82, 2.24) is 10.3 Å². The molecule has 1 unspecified atom stereocenters. The molecule has 0 bridgehead atoms. The van der Waals surface area contributed by atoms with Crippen LogP contribution >= 0.6 is 15.9 Å². The van der Waals surface area contributed by atoms with Crippen molar-refractivity contribution in [2.45, 2.75) is 13.0 Å². The van der Waals surface area contributed by atoms with Crippen LogP contribution in [0.1, 0.15) is 28.9 Å². The van der Waals surface area contributed by atoms with Crippen LogP contribution < -0.4 is 11.1 Å². The highest BCUT2D eigenvalue weighted by Crippen LogP contribution is 2.19. The SMILES string of the molecule is CC(NC(=O)c1cc(Br)ccc1N)c1ccncc1. The van der Waals surface area contributed by atoms with Crippen molar-refractivity contribution in [2.75, 3.05) is 5.73 Å². The molecule has 2 aromatic rings. The summed E-state index contributed by atoms with van der Waals surface area (Å²) in [6, 6.07) is 8.86. The minimum absolute atomic E-state index is 0.103. The number of nitrogens with one attached hydrogen (secondary N) is 1. The molecule has 1 heterocycles. The van der Waals surface area contributed by atoms with E-state index in [1.807, 2.05) is 19.1 Å². The van der Waals surface area contributed by atoms with E-state index >= 15 is 0 Å². The second-order valence-corrected chi connectivity index (χ2v) is 5.12. The number of aromatic nitrogens is 1. The number of nitrogen functional groups attached to an aromatic ring is 1. The number of hydrogen-bond acceptors (Lipinski definition) is 3. The standard InChI is InChI=1S/C14H14BrN3O/c1-9(10-4-6-17-7-5-10)18-14(19)12-8-11(15)2-3-13(12)16/h2-9H,16H2,1H3,(H,18,19). The molecular weight excluding hydrogens is 306 g/mol. The van der Waals surface area contributed by atoms with E-state index in [9.17, 15) is 4.79 Å². The van der Waals surface area contributed by atoms with Gasteiger partial charge >= 0.3 is 0 Å². The molecule has 1 aromatic heterocycles. The topological polar surface area (TPSA) is 68.0 Å². The molecule has 0 saturated heterocycles. The van der Waals surface area contributed by atoms with Gasteiger partial charge in [-0.2, -0.15) is 0 Å². The fourth-order valence-corrected chi connectivity index (χ4v) is 2.10. The van der Waals surface area contributed by atoms with E-state index in [1.165, 1.54) is 0 Å². The molecule has 98 valence electrons. The van der Waals surface area contributed by atoms with Gasteiger partial charge < -0.3 is 11.1 Å². The van der Waals surface area contributed by atoms with Gasteiger partial charge in [0, 0.05) is 22.6 Å². The van der Waals surface area contributed by atoms with Gasteiger partial charge in [-0.3, -0.25) is 9.78 Å². The summed E-state index contributed by atoms with van der Waals surface area (Å²) in [4.78, 5) is 16.1. The number of carbonyl (C=O) groups is 1. The molecule has 0 fully saturated rings. The predicted molar refractivity (Wildman–Crippen MR) is 78.7 cm³/mol. The van der Waals surface area contributed by atoms with Crippen molar-refractivity contribution in [3.8, 4) is 0 Å². The Morgan fingerprint density at radius 1 is 1.32 bits per heavy atom. The van der Waals surface area contributed by atoms with Crippen molar-refractivity contribution in [1.29, 1.82) is 0 Å². The summed E-state index contributed by atoms with van der Waals surface area (Å²) in [5.74, 6) is -0.192. The van der Waals surface area contributed by atoms with Crippen LogP contribution in [0, 0.1) is 0 Å². The fourth-order valence-electron chi connectivity index (χ4n) is 1.73. The predicted octanol–water partition coefficient (Wildman–Crippen LogP) is 2.92. The number of nitrogens with zero attached hydrogens (tertiary/aromatic N) is 1. The number of hydrogen-bond donors (Lipinski definition) is 2. The Hall–Kier alpha value is -1.88. The van der Waals surface area contributed by atoms with Crippen LogP contribution in [-0.2, 0) is 0 Å². The second-order valence-electron chi connectivity index (χ2n) is 4.21. The number of pyridine rings is 1. The smallest absolute Gasteiger partial charge is 0.253 e. The van der Waals surface area contributed by atoms with E-state index in [1.54, 1.807) is 30.6 Å². The lowest BCUT2D eigenvalue weighted by Crippen LogP contribution is -2.27. The van der Waals surface area contributed by atoms with Gasteiger partial charge in [-0.15, -0.1) is 0 Å². The Bertz CT molecular complexity index is 586. The molecule has 0 aliphatic heterocycles. The van der Waals surface area contributed by atoms with Crippen LogP contribution in [0.4, 0.5) is 5.69 Å². The van der Waals surface area contributed by atoms with Crippen LogP contribution in [0.3, 0.4) is 0 Å². The van der Waals surface area contributed by atoms with E-state index in [4.69, 9.17) is 5.73 Å². The molecule has 0 radical (unpaired) electrons. The molecule has 0 aliphatic carbocycles. The summed E-state index contributed by atoms with van der Waals surface area (Å²) in [7, 11) is 0. The number of carbonyl (C=O) groups excluding carboxylic acids is 1. The largest absolute Gasteiger partial charge is 0.398 e. The number of anilines is 1. The van der Waals surface area contributed by atoms with Crippen LogP contribution in [0.15, 0.2) is 47.2 Å². The zero-order valence-electron chi connectivity index (χ0n) is 10.4. The van der Waals surface area contributed by atoms with E-state index < -0.39 is 0 Å². The second kappa shape index (κ2) is 5.84.